The third kappa shape index (κ3) is 4.21. The lowest BCUT2D eigenvalue weighted by atomic mass is 9.97. The number of aliphatic hydroxyl groups is 1. The zero-order chi connectivity index (χ0) is 17.8. The highest BCUT2D eigenvalue weighted by atomic mass is 16.3. The van der Waals surface area contributed by atoms with Gasteiger partial charge in [-0.2, -0.15) is 0 Å². The number of H-pyrrole nitrogens is 1. The van der Waals surface area contributed by atoms with Gasteiger partial charge in [-0.25, -0.2) is 4.79 Å². The molecule has 25 heavy (non-hydrogen) atoms. The van der Waals surface area contributed by atoms with E-state index in [2.05, 4.69) is 9.97 Å². The number of rotatable bonds is 5. The average Bonchev–Trinajstić information content (AvgIpc) is 2.95. The maximum absolute atomic E-state index is 12.4. The SMILES string of the molecule is O=C(CCn1ccc(=O)[nH]c1=O)N1C[C@@H](Cc2ccncc2)[C@H](O)C1. The minimum atomic E-state index is -0.562. The number of aliphatic hydroxyl groups excluding tert-OH is 1. The Morgan fingerprint density at radius 3 is 2.72 bits per heavy atom. The first-order chi connectivity index (χ1) is 12.0. The van der Waals surface area contributed by atoms with Crippen molar-refractivity contribution in [1.29, 1.82) is 0 Å². The summed E-state index contributed by atoms with van der Waals surface area (Å²) in [6.07, 6.45) is 5.06. The van der Waals surface area contributed by atoms with Crippen LogP contribution in [0.3, 0.4) is 0 Å². The summed E-state index contributed by atoms with van der Waals surface area (Å²) >= 11 is 0. The third-order valence-electron chi connectivity index (χ3n) is 4.47. The number of carbonyl (C=O) groups is 1. The lowest BCUT2D eigenvalue weighted by Crippen LogP contribution is -2.33. The number of β-amino-alcohol motifs (C(OH)–C–C–N with tert-alkyl or cyclic N) is 1. The van der Waals surface area contributed by atoms with Crippen LogP contribution in [0.15, 0.2) is 46.4 Å². The molecular weight excluding hydrogens is 324 g/mol. The molecule has 0 radical (unpaired) electrons. The Balaban J connectivity index is 1.56. The second kappa shape index (κ2) is 7.43. The van der Waals surface area contributed by atoms with Crippen molar-refractivity contribution >= 4 is 5.91 Å². The molecule has 2 atom stereocenters. The molecule has 8 nitrogen and oxygen atoms in total. The average molecular weight is 344 g/mol. The van der Waals surface area contributed by atoms with Crippen LogP contribution in [0.2, 0.25) is 0 Å². The minimum Gasteiger partial charge on any atom is -0.391 e. The molecule has 3 rings (SSSR count). The first kappa shape index (κ1) is 17.1. The number of carbonyl (C=O) groups excluding carboxylic acids is 1. The van der Waals surface area contributed by atoms with E-state index in [0.29, 0.717) is 19.5 Å². The van der Waals surface area contributed by atoms with Crippen LogP contribution in [0.1, 0.15) is 12.0 Å². The molecule has 1 fully saturated rings. The van der Waals surface area contributed by atoms with Crippen molar-refractivity contribution in [2.24, 2.45) is 5.92 Å². The van der Waals surface area contributed by atoms with E-state index in [1.807, 2.05) is 12.1 Å². The molecule has 132 valence electrons. The Labute approximate surface area is 143 Å². The molecular formula is C17H20N4O4. The summed E-state index contributed by atoms with van der Waals surface area (Å²) in [5.74, 6) is -0.128. The zero-order valence-corrected chi connectivity index (χ0v) is 13.7. The van der Waals surface area contributed by atoms with Crippen molar-refractivity contribution in [1.82, 2.24) is 19.4 Å². The minimum absolute atomic E-state index is 0.0119. The standard InChI is InChI=1S/C17H20N4O4/c22-14-11-21(10-13(14)9-12-1-5-18-6-2-12)16(24)4-8-20-7-3-15(23)19-17(20)25/h1-3,5-7,13-14,22H,4,8-11H2,(H,19,23,25)/t13-,14-/m1/s1. The van der Waals surface area contributed by atoms with Gasteiger partial charge in [-0.1, -0.05) is 0 Å². The largest absolute Gasteiger partial charge is 0.391 e. The smallest absolute Gasteiger partial charge is 0.328 e. The van der Waals surface area contributed by atoms with Crippen molar-refractivity contribution in [3.8, 4) is 0 Å². The Morgan fingerprint density at radius 2 is 2.00 bits per heavy atom. The topological polar surface area (TPSA) is 108 Å². The third-order valence-corrected chi connectivity index (χ3v) is 4.47. The van der Waals surface area contributed by atoms with Crippen LogP contribution in [0.25, 0.3) is 0 Å². The lowest BCUT2D eigenvalue weighted by molar-refractivity contribution is -0.130. The lowest BCUT2D eigenvalue weighted by Gasteiger charge is -2.16. The number of aromatic nitrogens is 3. The van der Waals surface area contributed by atoms with Gasteiger partial charge in [0, 0.05) is 56.6 Å². The van der Waals surface area contributed by atoms with Crippen LogP contribution in [0, 0.1) is 5.92 Å². The molecule has 0 unspecified atom stereocenters. The summed E-state index contributed by atoms with van der Waals surface area (Å²) in [5, 5.41) is 10.2. The van der Waals surface area contributed by atoms with Crippen LogP contribution < -0.4 is 11.2 Å². The van der Waals surface area contributed by atoms with Crippen molar-refractivity contribution in [2.45, 2.75) is 25.5 Å². The van der Waals surface area contributed by atoms with Gasteiger partial charge in [0.05, 0.1) is 6.10 Å². The van der Waals surface area contributed by atoms with E-state index in [4.69, 9.17) is 0 Å². The Kier molecular flexibility index (Phi) is 5.08. The normalized spacial score (nSPS) is 20.0. The molecule has 0 aromatic carbocycles. The monoisotopic (exact) mass is 344 g/mol. The Morgan fingerprint density at radius 1 is 1.24 bits per heavy atom. The van der Waals surface area contributed by atoms with Gasteiger partial charge in [-0.05, 0) is 24.1 Å². The molecule has 1 aliphatic heterocycles. The van der Waals surface area contributed by atoms with Gasteiger partial charge in [0.2, 0.25) is 5.91 Å². The second-order valence-electron chi connectivity index (χ2n) is 6.24. The number of hydrogen-bond acceptors (Lipinski definition) is 5. The van der Waals surface area contributed by atoms with E-state index in [9.17, 15) is 19.5 Å². The van der Waals surface area contributed by atoms with Gasteiger partial charge >= 0.3 is 5.69 Å². The van der Waals surface area contributed by atoms with Gasteiger partial charge in [0.15, 0.2) is 0 Å². The number of nitrogens with zero attached hydrogens (tertiary/aromatic N) is 3. The number of amides is 1. The quantitative estimate of drug-likeness (QED) is 0.752. The van der Waals surface area contributed by atoms with Gasteiger partial charge in [-0.15, -0.1) is 0 Å². The maximum Gasteiger partial charge on any atom is 0.328 e. The van der Waals surface area contributed by atoms with Crippen molar-refractivity contribution in [3.63, 3.8) is 0 Å². The van der Waals surface area contributed by atoms with Gasteiger partial charge in [-0.3, -0.25) is 19.6 Å². The molecule has 0 bridgehead atoms. The molecule has 1 saturated heterocycles. The Hall–Kier alpha value is -2.74. The van der Waals surface area contributed by atoms with Crippen molar-refractivity contribution in [3.05, 3.63) is 63.2 Å². The first-order valence-corrected chi connectivity index (χ1v) is 8.17. The number of hydrogen-bond donors (Lipinski definition) is 2. The predicted octanol–water partition coefficient (Wildman–Crippen LogP) is -0.616. The number of aryl methyl sites for hydroxylation is 1. The number of likely N-dealkylation sites (tertiary alicyclic amines) is 1. The van der Waals surface area contributed by atoms with Crippen molar-refractivity contribution in [2.75, 3.05) is 13.1 Å². The van der Waals surface area contributed by atoms with E-state index in [1.165, 1.54) is 16.8 Å². The molecule has 0 aliphatic carbocycles. The number of pyridine rings is 1. The summed E-state index contributed by atoms with van der Waals surface area (Å²) in [5.41, 5.74) is 0.0830. The summed E-state index contributed by atoms with van der Waals surface area (Å²) < 4.78 is 1.29. The fourth-order valence-electron chi connectivity index (χ4n) is 3.07. The molecule has 8 heteroatoms. The fraction of sp³-hybridized carbons (Fsp3) is 0.412. The molecule has 2 N–H and O–H groups in total. The van der Waals surface area contributed by atoms with Gasteiger partial charge < -0.3 is 14.6 Å². The maximum atomic E-state index is 12.4. The van der Waals surface area contributed by atoms with E-state index in [-0.39, 0.29) is 24.8 Å². The summed E-state index contributed by atoms with van der Waals surface area (Å²) in [4.78, 5) is 42.8. The van der Waals surface area contributed by atoms with Gasteiger partial charge in [0.1, 0.15) is 0 Å². The number of nitrogens with one attached hydrogen (secondary N) is 1. The molecule has 1 aliphatic rings. The molecule has 2 aromatic rings. The van der Waals surface area contributed by atoms with E-state index in [0.717, 1.165) is 5.56 Å². The highest BCUT2D eigenvalue weighted by molar-refractivity contribution is 5.76. The highest BCUT2D eigenvalue weighted by Gasteiger charge is 2.33. The highest BCUT2D eigenvalue weighted by Crippen LogP contribution is 2.22. The molecule has 1 amide bonds. The van der Waals surface area contributed by atoms with E-state index >= 15 is 0 Å². The second-order valence-corrected chi connectivity index (χ2v) is 6.24. The molecule has 0 spiro atoms. The number of aromatic amines is 1. The summed E-state index contributed by atoms with van der Waals surface area (Å²) in [6.45, 7) is 0.980. The first-order valence-electron chi connectivity index (χ1n) is 8.17. The van der Waals surface area contributed by atoms with Crippen molar-refractivity contribution < 1.29 is 9.90 Å². The van der Waals surface area contributed by atoms with E-state index in [1.54, 1.807) is 17.3 Å². The van der Waals surface area contributed by atoms with Crippen LogP contribution in [0.4, 0.5) is 0 Å². The molecule has 3 heterocycles. The summed E-state index contributed by atoms with van der Waals surface area (Å²) in [7, 11) is 0. The molecule has 2 aromatic heterocycles. The van der Waals surface area contributed by atoms with Crippen LogP contribution in [-0.2, 0) is 17.8 Å². The van der Waals surface area contributed by atoms with Gasteiger partial charge in [0.25, 0.3) is 5.56 Å². The molecule has 0 saturated carbocycles. The van der Waals surface area contributed by atoms with Crippen LogP contribution >= 0.6 is 0 Å². The van der Waals surface area contributed by atoms with Crippen LogP contribution in [0.5, 0.6) is 0 Å². The predicted molar refractivity (Wildman–Crippen MR) is 90.0 cm³/mol. The zero-order valence-electron chi connectivity index (χ0n) is 13.7. The Bertz CT molecular complexity index is 845. The summed E-state index contributed by atoms with van der Waals surface area (Å²) in [6, 6.07) is 5.05. The fourth-order valence-corrected chi connectivity index (χ4v) is 3.07. The van der Waals surface area contributed by atoms with E-state index < -0.39 is 17.4 Å². The van der Waals surface area contributed by atoms with Crippen LogP contribution in [-0.4, -0.2) is 49.6 Å².